The first-order chi connectivity index (χ1) is 6.02. The van der Waals surface area contributed by atoms with Gasteiger partial charge in [-0.3, -0.25) is 0 Å². The Morgan fingerprint density at radius 2 is 1.29 bits per heavy atom. The van der Waals surface area contributed by atoms with Crippen LogP contribution in [0.2, 0.25) is 0 Å². The van der Waals surface area contributed by atoms with Gasteiger partial charge in [0.2, 0.25) is 0 Å². The van der Waals surface area contributed by atoms with Crippen LogP contribution in [0.3, 0.4) is 0 Å². The Bertz CT molecular complexity index is 233. The zero-order valence-corrected chi connectivity index (χ0v) is 6.58. The van der Waals surface area contributed by atoms with Crippen LogP contribution in [-0.2, 0) is 0 Å². The van der Waals surface area contributed by atoms with E-state index in [-0.39, 0.29) is 0 Å². The molecule has 0 bridgehead atoms. The minimum atomic E-state index is -6.25. The van der Waals surface area contributed by atoms with Gasteiger partial charge in [-0.1, -0.05) is 0 Å². The molecule has 0 heterocycles. The molecule has 0 amide bonds. The highest BCUT2D eigenvalue weighted by atomic mass is 19.4. The van der Waals surface area contributed by atoms with Crippen LogP contribution in [0.15, 0.2) is 0 Å². The highest BCUT2D eigenvalue weighted by molar-refractivity contribution is 5.07. The van der Waals surface area contributed by atoms with Crippen LogP contribution in [0.25, 0.3) is 0 Å². The van der Waals surface area contributed by atoms with Gasteiger partial charge in [-0.15, -0.1) is 0 Å². The predicted molar refractivity (Wildman–Crippen MR) is 32.0 cm³/mol. The third kappa shape index (κ3) is 1.45. The van der Waals surface area contributed by atoms with Crippen LogP contribution in [0, 0.1) is 5.92 Å². The fourth-order valence-corrected chi connectivity index (χ4v) is 1.05. The summed E-state index contributed by atoms with van der Waals surface area (Å²) in [6.45, 7) is 0. The van der Waals surface area contributed by atoms with Crippen molar-refractivity contribution in [2.24, 2.45) is 11.7 Å². The summed E-state index contributed by atoms with van der Waals surface area (Å²) in [5.41, 5.74) is 4.81. The first-order valence-corrected chi connectivity index (χ1v) is 3.59. The lowest BCUT2D eigenvalue weighted by Crippen LogP contribution is -2.53. The lowest BCUT2D eigenvalue weighted by atomic mass is 10.1. The molecule has 1 aliphatic carbocycles. The standard InChI is InChI=1S/C6H6F7N/c7-4(8,2-1-3(2)14)5(9,10)6(11,12)13/h2-3H,1,14H2/t2-,3-/m1/s1. The molecule has 0 spiro atoms. The molecular formula is C6H6F7N. The van der Waals surface area contributed by atoms with Gasteiger partial charge in [-0.25, -0.2) is 0 Å². The number of alkyl halides is 7. The van der Waals surface area contributed by atoms with Crippen molar-refractivity contribution >= 4 is 0 Å². The zero-order chi connectivity index (χ0) is 11.4. The molecule has 0 aromatic carbocycles. The Balaban J connectivity index is 2.91. The van der Waals surface area contributed by atoms with E-state index in [2.05, 4.69) is 0 Å². The van der Waals surface area contributed by atoms with E-state index in [9.17, 15) is 30.7 Å². The molecule has 1 rings (SSSR count). The van der Waals surface area contributed by atoms with Crippen molar-refractivity contribution < 1.29 is 30.7 Å². The molecule has 1 aliphatic rings. The Hall–Kier alpha value is -0.530. The lowest BCUT2D eigenvalue weighted by Gasteiger charge is -2.28. The minimum absolute atomic E-state index is 0.515. The maximum absolute atomic E-state index is 12.6. The number of nitrogens with two attached hydrogens (primary N) is 1. The van der Waals surface area contributed by atoms with Crippen molar-refractivity contribution in [1.29, 1.82) is 0 Å². The molecule has 1 fully saturated rings. The fourth-order valence-electron chi connectivity index (χ4n) is 1.05. The maximum atomic E-state index is 12.6. The average Bonchev–Trinajstić information content (AvgIpc) is 2.64. The molecule has 84 valence electrons. The Kier molecular flexibility index (Phi) is 2.26. The highest BCUT2D eigenvalue weighted by Crippen LogP contribution is 2.55. The van der Waals surface area contributed by atoms with Crippen LogP contribution >= 0.6 is 0 Å². The van der Waals surface area contributed by atoms with Crippen molar-refractivity contribution in [1.82, 2.24) is 0 Å². The summed E-state index contributed by atoms with van der Waals surface area (Å²) in [6, 6.07) is -1.28. The summed E-state index contributed by atoms with van der Waals surface area (Å²) in [7, 11) is 0. The number of hydrogen-bond acceptors (Lipinski definition) is 1. The highest BCUT2D eigenvalue weighted by Gasteiger charge is 2.78. The van der Waals surface area contributed by atoms with E-state index in [1.165, 1.54) is 0 Å². The van der Waals surface area contributed by atoms with Crippen molar-refractivity contribution in [2.75, 3.05) is 0 Å². The largest absolute Gasteiger partial charge is 0.459 e. The SMILES string of the molecule is N[C@@H]1C[C@H]1C(F)(F)C(F)(F)C(F)(F)F. The second-order valence-corrected chi connectivity index (χ2v) is 3.20. The Labute approximate surface area is 74.1 Å². The smallest absolute Gasteiger partial charge is 0.327 e. The Morgan fingerprint density at radius 3 is 1.50 bits per heavy atom. The van der Waals surface area contributed by atoms with Gasteiger partial charge in [0.1, 0.15) is 0 Å². The van der Waals surface area contributed by atoms with Crippen molar-refractivity contribution in [2.45, 2.75) is 30.5 Å². The van der Waals surface area contributed by atoms with Gasteiger partial charge in [0, 0.05) is 12.0 Å². The Morgan fingerprint density at radius 1 is 0.929 bits per heavy atom. The average molecular weight is 225 g/mol. The van der Waals surface area contributed by atoms with Gasteiger partial charge < -0.3 is 5.73 Å². The topological polar surface area (TPSA) is 26.0 Å². The number of hydrogen-bond donors (Lipinski definition) is 1. The quantitative estimate of drug-likeness (QED) is 0.716. The van der Waals surface area contributed by atoms with Crippen molar-refractivity contribution in [3.8, 4) is 0 Å². The lowest BCUT2D eigenvalue weighted by molar-refractivity contribution is -0.359. The summed E-state index contributed by atoms with van der Waals surface area (Å²) in [5.74, 6) is -13.2. The van der Waals surface area contributed by atoms with Gasteiger partial charge in [0.15, 0.2) is 0 Å². The summed E-state index contributed by atoms with van der Waals surface area (Å²) in [5, 5.41) is 0. The molecule has 14 heavy (non-hydrogen) atoms. The molecule has 0 aromatic heterocycles. The van der Waals surface area contributed by atoms with Gasteiger partial charge in [-0.2, -0.15) is 30.7 Å². The molecular weight excluding hydrogens is 219 g/mol. The van der Waals surface area contributed by atoms with Gasteiger partial charge in [-0.05, 0) is 6.42 Å². The van der Waals surface area contributed by atoms with E-state index in [1.54, 1.807) is 0 Å². The molecule has 8 heteroatoms. The number of halogens is 7. The van der Waals surface area contributed by atoms with E-state index < -0.39 is 36.4 Å². The fraction of sp³-hybridized carbons (Fsp3) is 1.00. The molecule has 0 saturated heterocycles. The molecule has 2 N–H and O–H groups in total. The molecule has 0 aliphatic heterocycles. The third-order valence-corrected chi connectivity index (χ3v) is 2.08. The zero-order valence-electron chi connectivity index (χ0n) is 6.58. The first-order valence-electron chi connectivity index (χ1n) is 3.59. The van der Waals surface area contributed by atoms with E-state index in [0.717, 1.165) is 0 Å². The summed E-state index contributed by atoms with van der Waals surface area (Å²) in [6.07, 6.45) is -6.77. The van der Waals surface area contributed by atoms with E-state index in [4.69, 9.17) is 5.73 Å². The van der Waals surface area contributed by atoms with E-state index in [0.29, 0.717) is 0 Å². The summed E-state index contributed by atoms with van der Waals surface area (Å²) < 4.78 is 84.4. The van der Waals surface area contributed by atoms with Crippen molar-refractivity contribution in [3.05, 3.63) is 0 Å². The second-order valence-electron chi connectivity index (χ2n) is 3.20. The van der Waals surface area contributed by atoms with Gasteiger partial charge in [0.05, 0.1) is 0 Å². The normalized spacial score (nSPS) is 29.1. The molecule has 1 saturated carbocycles. The molecule has 1 nitrogen and oxygen atoms in total. The molecule has 2 atom stereocenters. The third-order valence-electron chi connectivity index (χ3n) is 2.08. The molecule has 0 radical (unpaired) electrons. The second kappa shape index (κ2) is 2.74. The van der Waals surface area contributed by atoms with Crippen LogP contribution in [0.5, 0.6) is 0 Å². The maximum Gasteiger partial charge on any atom is 0.459 e. The summed E-state index contributed by atoms with van der Waals surface area (Å²) in [4.78, 5) is 0. The van der Waals surface area contributed by atoms with Gasteiger partial charge in [0.25, 0.3) is 0 Å². The van der Waals surface area contributed by atoms with Crippen LogP contribution in [-0.4, -0.2) is 24.1 Å². The molecule has 0 aromatic rings. The van der Waals surface area contributed by atoms with Crippen molar-refractivity contribution in [3.63, 3.8) is 0 Å². The number of rotatable bonds is 2. The van der Waals surface area contributed by atoms with Crippen LogP contribution < -0.4 is 5.73 Å². The molecule has 0 unspecified atom stereocenters. The first kappa shape index (κ1) is 11.5. The van der Waals surface area contributed by atoms with E-state index in [1.807, 2.05) is 0 Å². The monoisotopic (exact) mass is 225 g/mol. The van der Waals surface area contributed by atoms with Gasteiger partial charge >= 0.3 is 18.0 Å². The van der Waals surface area contributed by atoms with E-state index >= 15 is 0 Å². The minimum Gasteiger partial charge on any atom is -0.327 e. The predicted octanol–water partition coefficient (Wildman–Crippen LogP) is 2.17. The summed E-state index contributed by atoms with van der Waals surface area (Å²) >= 11 is 0. The van der Waals surface area contributed by atoms with Crippen LogP contribution in [0.1, 0.15) is 6.42 Å². The van der Waals surface area contributed by atoms with Crippen LogP contribution in [0.4, 0.5) is 30.7 Å².